The van der Waals surface area contributed by atoms with E-state index in [1.807, 2.05) is 18.2 Å². The molecule has 1 rings (SSSR count). The van der Waals surface area contributed by atoms with Gasteiger partial charge in [0.25, 0.3) is 0 Å². The highest BCUT2D eigenvalue weighted by molar-refractivity contribution is 9.10. The largest absolute Gasteiger partial charge is 0.497 e. The van der Waals surface area contributed by atoms with Gasteiger partial charge in [-0.25, -0.2) is 0 Å². The van der Waals surface area contributed by atoms with Crippen molar-refractivity contribution in [1.82, 2.24) is 0 Å². The fraction of sp³-hybridized carbons (Fsp3) is 0.562. The Balaban J connectivity index is 2.40. The van der Waals surface area contributed by atoms with Crippen LogP contribution in [-0.4, -0.2) is 12.9 Å². The summed E-state index contributed by atoms with van der Waals surface area (Å²) in [5.41, 5.74) is 0.730. The van der Waals surface area contributed by atoms with Gasteiger partial charge in [0, 0.05) is 16.5 Å². The molecule has 3 heteroatoms. The predicted octanol–water partition coefficient (Wildman–Crippen LogP) is 5.39. The van der Waals surface area contributed by atoms with E-state index < -0.39 is 0 Å². The van der Waals surface area contributed by atoms with Crippen LogP contribution in [0.1, 0.15) is 62.2 Å². The van der Waals surface area contributed by atoms with Crippen LogP contribution in [0.3, 0.4) is 0 Å². The summed E-state index contributed by atoms with van der Waals surface area (Å²) in [5.74, 6) is 0.927. The molecule has 0 aromatic heterocycles. The maximum atomic E-state index is 12.1. The van der Waals surface area contributed by atoms with Gasteiger partial charge in [-0.2, -0.15) is 0 Å². The zero-order valence-corrected chi connectivity index (χ0v) is 13.5. The second kappa shape index (κ2) is 9.13. The number of halogens is 1. The lowest BCUT2D eigenvalue weighted by Gasteiger charge is -2.06. The molecule has 0 saturated heterocycles. The second-order valence-electron chi connectivity index (χ2n) is 4.79. The Morgan fingerprint density at radius 2 is 1.84 bits per heavy atom. The minimum atomic E-state index is 0.196. The van der Waals surface area contributed by atoms with Crippen LogP contribution >= 0.6 is 15.9 Å². The van der Waals surface area contributed by atoms with E-state index in [0.717, 1.165) is 28.6 Å². The third-order valence-electron chi connectivity index (χ3n) is 3.23. The van der Waals surface area contributed by atoms with Gasteiger partial charge in [0.05, 0.1) is 7.11 Å². The highest BCUT2D eigenvalue weighted by Gasteiger charge is 2.10. The van der Waals surface area contributed by atoms with Crippen LogP contribution in [0.2, 0.25) is 0 Å². The molecule has 0 N–H and O–H groups in total. The van der Waals surface area contributed by atoms with Gasteiger partial charge in [-0.1, -0.05) is 55.0 Å². The monoisotopic (exact) mass is 326 g/mol. The molecule has 106 valence electrons. The number of methoxy groups -OCH3 is 1. The molecule has 0 amide bonds. The number of rotatable bonds is 9. The molecule has 2 nitrogen and oxygen atoms in total. The topological polar surface area (TPSA) is 26.3 Å². The molecular formula is C16H23BrO2. The Morgan fingerprint density at radius 1 is 1.16 bits per heavy atom. The molecule has 0 atom stereocenters. The van der Waals surface area contributed by atoms with Gasteiger partial charge >= 0.3 is 0 Å². The van der Waals surface area contributed by atoms with Crippen molar-refractivity contribution in [3.63, 3.8) is 0 Å². The van der Waals surface area contributed by atoms with Crippen LogP contribution in [0.25, 0.3) is 0 Å². The van der Waals surface area contributed by atoms with E-state index in [0.29, 0.717) is 6.42 Å². The van der Waals surface area contributed by atoms with E-state index in [1.165, 1.54) is 25.7 Å². The number of benzene rings is 1. The van der Waals surface area contributed by atoms with Crippen molar-refractivity contribution in [3.8, 4) is 5.75 Å². The van der Waals surface area contributed by atoms with E-state index in [-0.39, 0.29) is 5.78 Å². The van der Waals surface area contributed by atoms with Gasteiger partial charge in [0.2, 0.25) is 0 Å². The van der Waals surface area contributed by atoms with Crippen molar-refractivity contribution in [2.24, 2.45) is 0 Å². The van der Waals surface area contributed by atoms with E-state index in [9.17, 15) is 4.79 Å². The number of carbonyl (C=O) groups is 1. The highest BCUT2D eigenvalue weighted by Crippen LogP contribution is 2.24. The van der Waals surface area contributed by atoms with Gasteiger partial charge < -0.3 is 4.74 Å². The minimum Gasteiger partial charge on any atom is -0.497 e. The summed E-state index contributed by atoms with van der Waals surface area (Å²) in [7, 11) is 1.62. The van der Waals surface area contributed by atoms with Crippen LogP contribution < -0.4 is 4.74 Å². The lowest BCUT2D eigenvalue weighted by atomic mass is 10.0. The normalized spacial score (nSPS) is 10.5. The Hall–Kier alpha value is -0.830. The zero-order valence-electron chi connectivity index (χ0n) is 11.9. The quantitative estimate of drug-likeness (QED) is 0.449. The summed E-state index contributed by atoms with van der Waals surface area (Å²) >= 11 is 3.43. The van der Waals surface area contributed by atoms with Gasteiger partial charge in [-0.05, 0) is 24.6 Å². The molecule has 0 radical (unpaired) electrons. The Bertz CT molecular complexity index is 402. The number of hydrogen-bond donors (Lipinski definition) is 0. The first kappa shape index (κ1) is 16.2. The van der Waals surface area contributed by atoms with E-state index in [1.54, 1.807) is 7.11 Å². The molecule has 1 aromatic rings. The fourth-order valence-electron chi connectivity index (χ4n) is 2.05. The van der Waals surface area contributed by atoms with Crippen molar-refractivity contribution in [1.29, 1.82) is 0 Å². The van der Waals surface area contributed by atoms with Crippen molar-refractivity contribution >= 4 is 21.7 Å². The average molecular weight is 327 g/mol. The van der Waals surface area contributed by atoms with Crippen LogP contribution in [0.4, 0.5) is 0 Å². The smallest absolute Gasteiger partial charge is 0.164 e. The molecule has 0 aliphatic carbocycles. The van der Waals surface area contributed by atoms with Crippen molar-refractivity contribution < 1.29 is 9.53 Å². The van der Waals surface area contributed by atoms with Gasteiger partial charge in [-0.3, -0.25) is 4.79 Å². The third kappa shape index (κ3) is 5.77. The van der Waals surface area contributed by atoms with Gasteiger partial charge in [0.15, 0.2) is 5.78 Å². The summed E-state index contributed by atoms with van der Waals surface area (Å²) in [4.78, 5) is 12.1. The lowest BCUT2D eigenvalue weighted by Crippen LogP contribution is -2.01. The first-order valence-electron chi connectivity index (χ1n) is 7.05. The molecular weight excluding hydrogens is 304 g/mol. The molecule has 0 aliphatic heterocycles. The van der Waals surface area contributed by atoms with Gasteiger partial charge in [0.1, 0.15) is 5.75 Å². The number of ketones is 1. The molecule has 1 aromatic carbocycles. The number of Topliss-reactive ketones (excluding diaryl/α,β-unsaturated/α-hetero) is 1. The van der Waals surface area contributed by atoms with E-state index in [4.69, 9.17) is 4.74 Å². The average Bonchev–Trinajstić information content (AvgIpc) is 2.43. The van der Waals surface area contributed by atoms with Crippen LogP contribution in [0, 0.1) is 0 Å². The van der Waals surface area contributed by atoms with Crippen molar-refractivity contribution in [3.05, 3.63) is 28.2 Å². The van der Waals surface area contributed by atoms with E-state index >= 15 is 0 Å². The molecule has 0 fully saturated rings. The second-order valence-corrected chi connectivity index (χ2v) is 5.64. The molecule has 0 unspecified atom stereocenters. The molecule has 0 saturated carbocycles. The number of carbonyl (C=O) groups excluding carboxylic acids is 1. The van der Waals surface area contributed by atoms with Gasteiger partial charge in [-0.15, -0.1) is 0 Å². The highest BCUT2D eigenvalue weighted by atomic mass is 79.9. The Morgan fingerprint density at radius 3 is 2.53 bits per heavy atom. The van der Waals surface area contributed by atoms with Crippen LogP contribution in [0.15, 0.2) is 22.7 Å². The first-order chi connectivity index (χ1) is 9.19. The summed E-state index contributed by atoms with van der Waals surface area (Å²) < 4.78 is 6.01. The number of hydrogen-bond acceptors (Lipinski definition) is 2. The lowest BCUT2D eigenvalue weighted by molar-refractivity contribution is 0.0978. The minimum absolute atomic E-state index is 0.196. The number of ether oxygens (including phenoxy) is 1. The molecule has 0 spiro atoms. The standard InChI is InChI=1S/C16H23BrO2/c1-3-4-5-6-7-8-9-16(18)14-12-13(19-2)10-11-15(14)17/h10-12H,3-9H2,1-2H3. The van der Waals surface area contributed by atoms with Crippen LogP contribution in [0.5, 0.6) is 5.75 Å². The molecule has 0 bridgehead atoms. The summed E-state index contributed by atoms with van der Waals surface area (Å²) in [5, 5.41) is 0. The molecule has 0 heterocycles. The SMILES string of the molecule is CCCCCCCCC(=O)c1cc(OC)ccc1Br. The predicted molar refractivity (Wildman–Crippen MR) is 83.0 cm³/mol. The zero-order chi connectivity index (χ0) is 14.1. The Labute approximate surface area is 124 Å². The van der Waals surface area contributed by atoms with Crippen molar-refractivity contribution in [2.75, 3.05) is 7.11 Å². The summed E-state index contributed by atoms with van der Waals surface area (Å²) in [6.45, 7) is 2.21. The molecule has 0 aliphatic rings. The third-order valence-corrected chi connectivity index (χ3v) is 3.92. The summed E-state index contributed by atoms with van der Waals surface area (Å²) in [6.07, 6.45) is 7.83. The molecule has 19 heavy (non-hydrogen) atoms. The fourth-order valence-corrected chi connectivity index (χ4v) is 2.51. The Kier molecular flexibility index (Phi) is 7.80. The van der Waals surface area contributed by atoms with E-state index in [2.05, 4.69) is 22.9 Å². The number of unbranched alkanes of at least 4 members (excludes halogenated alkanes) is 5. The van der Waals surface area contributed by atoms with Crippen LogP contribution in [-0.2, 0) is 0 Å². The maximum absolute atomic E-state index is 12.1. The maximum Gasteiger partial charge on any atom is 0.164 e. The summed E-state index contributed by atoms with van der Waals surface area (Å²) in [6, 6.07) is 5.53. The van der Waals surface area contributed by atoms with Crippen molar-refractivity contribution in [2.45, 2.75) is 51.9 Å². The first-order valence-corrected chi connectivity index (χ1v) is 7.85.